The van der Waals surface area contributed by atoms with Gasteiger partial charge in [-0.2, -0.15) is 0 Å². The standard InChI is InChI=1S/C15H32N2/c1-5-11-17(12-8-15(2,3)4)13-14-6-9-16-10-7-14/h14,16H,5-13H2,1-4H3. The molecule has 17 heavy (non-hydrogen) atoms. The third-order valence-corrected chi connectivity index (χ3v) is 3.69. The summed E-state index contributed by atoms with van der Waals surface area (Å²) in [5.74, 6) is 0.933. The Bertz CT molecular complexity index is 190. The molecule has 0 atom stereocenters. The van der Waals surface area contributed by atoms with Gasteiger partial charge in [-0.15, -0.1) is 0 Å². The van der Waals surface area contributed by atoms with Crippen LogP contribution in [0.1, 0.15) is 53.4 Å². The Labute approximate surface area is 108 Å². The van der Waals surface area contributed by atoms with Gasteiger partial charge in [-0.1, -0.05) is 27.7 Å². The molecule has 0 radical (unpaired) electrons. The van der Waals surface area contributed by atoms with Crippen molar-refractivity contribution in [1.29, 1.82) is 0 Å². The van der Waals surface area contributed by atoms with Gasteiger partial charge in [0.05, 0.1) is 0 Å². The summed E-state index contributed by atoms with van der Waals surface area (Å²) in [5.41, 5.74) is 0.472. The topological polar surface area (TPSA) is 15.3 Å². The number of piperidine rings is 1. The summed E-state index contributed by atoms with van der Waals surface area (Å²) >= 11 is 0. The Morgan fingerprint density at radius 1 is 1.12 bits per heavy atom. The minimum atomic E-state index is 0.472. The average Bonchev–Trinajstić information content (AvgIpc) is 2.27. The summed E-state index contributed by atoms with van der Waals surface area (Å²) in [6.07, 6.45) is 5.35. The van der Waals surface area contributed by atoms with E-state index in [0.717, 1.165) is 5.92 Å². The van der Waals surface area contributed by atoms with Gasteiger partial charge >= 0.3 is 0 Å². The van der Waals surface area contributed by atoms with E-state index in [2.05, 4.69) is 37.9 Å². The number of hydrogen-bond donors (Lipinski definition) is 1. The van der Waals surface area contributed by atoms with Crippen LogP contribution in [0.5, 0.6) is 0 Å². The maximum absolute atomic E-state index is 3.46. The molecular formula is C15H32N2. The molecule has 0 saturated carbocycles. The van der Waals surface area contributed by atoms with Crippen LogP contribution >= 0.6 is 0 Å². The first-order chi connectivity index (χ1) is 8.01. The molecule has 1 rings (SSSR count). The number of hydrogen-bond acceptors (Lipinski definition) is 2. The monoisotopic (exact) mass is 240 g/mol. The summed E-state index contributed by atoms with van der Waals surface area (Å²) in [7, 11) is 0. The van der Waals surface area contributed by atoms with E-state index in [0.29, 0.717) is 5.41 Å². The Balaban J connectivity index is 2.31. The highest BCUT2D eigenvalue weighted by molar-refractivity contribution is 4.74. The van der Waals surface area contributed by atoms with Gasteiger partial charge < -0.3 is 10.2 Å². The molecule has 0 aromatic heterocycles. The zero-order valence-corrected chi connectivity index (χ0v) is 12.4. The van der Waals surface area contributed by atoms with Crippen molar-refractivity contribution in [2.75, 3.05) is 32.7 Å². The molecule has 1 aliphatic heterocycles. The molecule has 102 valence electrons. The first-order valence-corrected chi connectivity index (χ1v) is 7.44. The van der Waals surface area contributed by atoms with Crippen molar-refractivity contribution in [1.82, 2.24) is 10.2 Å². The van der Waals surface area contributed by atoms with Crippen LogP contribution in [0.3, 0.4) is 0 Å². The van der Waals surface area contributed by atoms with Gasteiger partial charge in [-0.3, -0.25) is 0 Å². The van der Waals surface area contributed by atoms with Crippen molar-refractivity contribution in [2.24, 2.45) is 11.3 Å². The van der Waals surface area contributed by atoms with Gasteiger partial charge in [0, 0.05) is 6.54 Å². The zero-order valence-electron chi connectivity index (χ0n) is 12.4. The number of nitrogens with one attached hydrogen (secondary N) is 1. The van der Waals surface area contributed by atoms with Crippen LogP contribution in [0, 0.1) is 11.3 Å². The van der Waals surface area contributed by atoms with E-state index < -0.39 is 0 Å². The van der Waals surface area contributed by atoms with Crippen LogP contribution in [0.4, 0.5) is 0 Å². The molecule has 1 aliphatic rings. The molecule has 2 heteroatoms. The Morgan fingerprint density at radius 2 is 1.76 bits per heavy atom. The third kappa shape index (κ3) is 7.05. The quantitative estimate of drug-likeness (QED) is 0.767. The predicted octanol–water partition coefficient (Wildman–Crippen LogP) is 3.13. The van der Waals surface area contributed by atoms with Gasteiger partial charge in [0.1, 0.15) is 0 Å². The normalized spacial score (nSPS) is 18.9. The third-order valence-electron chi connectivity index (χ3n) is 3.69. The maximum Gasteiger partial charge on any atom is 0.00106 e. The molecule has 0 amide bonds. The summed E-state index contributed by atoms with van der Waals surface area (Å²) in [6.45, 7) is 15.7. The number of nitrogens with zero attached hydrogens (tertiary/aromatic N) is 1. The van der Waals surface area contributed by atoms with Gasteiger partial charge in [0.2, 0.25) is 0 Å². The largest absolute Gasteiger partial charge is 0.317 e. The van der Waals surface area contributed by atoms with Gasteiger partial charge in [-0.25, -0.2) is 0 Å². The van der Waals surface area contributed by atoms with Gasteiger partial charge in [0.15, 0.2) is 0 Å². The van der Waals surface area contributed by atoms with Crippen LogP contribution in [0.25, 0.3) is 0 Å². The Hall–Kier alpha value is -0.0800. The van der Waals surface area contributed by atoms with Crippen molar-refractivity contribution >= 4 is 0 Å². The first-order valence-electron chi connectivity index (χ1n) is 7.44. The van der Waals surface area contributed by atoms with E-state index in [-0.39, 0.29) is 0 Å². The lowest BCUT2D eigenvalue weighted by Gasteiger charge is -2.31. The molecule has 0 spiro atoms. The average molecular weight is 240 g/mol. The zero-order chi connectivity index (χ0) is 12.7. The van der Waals surface area contributed by atoms with Crippen molar-refractivity contribution in [3.05, 3.63) is 0 Å². The van der Waals surface area contributed by atoms with E-state index in [9.17, 15) is 0 Å². The second kappa shape index (κ2) is 7.38. The van der Waals surface area contributed by atoms with Crippen molar-refractivity contribution in [3.63, 3.8) is 0 Å². The highest BCUT2D eigenvalue weighted by atomic mass is 15.1. The van der Waals surface area contributed by atoms with Crippen LogP contribution < -0.4 is 5.32 Å². The summed E-state index contributed by atoms with van der Waals surface area (Å²) < 4.78 is 0. The van der Waals surface area contributed by atoms with Crippen LogP contribution in [0.15, 0.2) is 0 Å². The molecule has 2 nitrogen and oxygen atoms in total. The molecule has 0 aliphatic carbocycles. The highest BCUT2D eigenvalue weighted by Crippen LogP contribution is 2.20. The summed E-state index contributed by atoms with van der Waals surface area (Å²) in [4.78, 5) is 2.70. The fourth-order valence-electron chi connectivity index (χ4n) is 2.53. The van der Waals surface area contributed by atoms with Crippen molar-refractivity contribution in [3.8, 4) is 0 Å². The van der Waals surface area contributed by atoms with Crippen molar-refractivity contribution < 1.29 is 0 Å². The molecule has 1 N–H and O–H groups in total. The van der Waals surface area contributed by atoms with Gasteiger partial charge in [-0.05, 0) is 63.2 Å². The lowest BCUT2D eigenvalue weighted by molar-refractivity contribution is 0.181. The molecule has 1 fully saturated rings. The molecule has 1 heterocycles. The van der Waals surface area contributed by atoms with E-state index in [1.807, 2.05) is 0 Å². The maximum atomic E-state index is 3.46. The number of rotatable bonds is 6. The van der Waals surface area contributed by atoms with Crippen molar-refractivity contribution in [2.45, 2.75) is 53.4 Å². The predicted molar refractivity (Wildman–Crippen MR) is 76.4 cm³/mol. The summed E-state index contributed by atoms with van der Waals surface area (Å²) in [6, 6.07) is 0. The molecule has 1 saturated heterocycles. The molecule has 0 aromatic carbocycles. The SMILES string of the molecule is CCCN(CCC(C)(C)C)CC1CCNCC1. The van der Waals surface area contributed by atoms with E-state index in [4.69, 9.17) is 0 Å². The minimum absolute atomic E-state index is 0.472. The minimum Gasteiger partial charge on any atom is -0.317 e. The molecule has 0 bridgehead atoms. The molecular weight excluding hydrogens is 208 g/mol. The first kappa shape index (κ1) is 15.0. The fourth-order valence-corrected chi connectivity index (χ4v) is 2.53. The van der Waals surface area contributed by atoms with Crippen LogP contribution in [0.2, 0.25) is 0 Å². The van der Waals surface area contributed by atoms with E-state index >= 15 is 0 Å². The second-order valence-electron chi connectivity index (χ2n) is 6.80. The van der Waals surface area contributed by atoms with Crippen LogP contribution in [-0.4, -0.2) is 37.6 Å². The lowest BCUT2D eigenvalue weighted by Crippen LogP contribution is -2.37. The van der Waals surface area contributed by atoms with E-state index in [1.165, 1.54) is 58.4 Å². The molecule has 0 unspecified atom stereocenters. The second-order valence-corrected chi connectivity index (χ2v) is 6.80. The highest BCUT2D eigenvalue weighted by Gasteiger charge is 2.18. The lowest BCUT2D eigenvalue weighted by atomic mass is 9.91. The Kier molecular flexibility index (Phi) is 6.50. The Morgan fingerprint density at radius 3 is 2.29 bits per heavy atom. The smallest absolute Gasteiger partial charge is 0.00106 e. The fraction of sp³-hybridized carbons (Fsp3) is 1.00. The van der Waals surface area contributed by atoms with E-state index in [1.54, 1.807) is 0 Å². The molecule has 0 aromatic rings. The van der Waals surface area contributed by atoms with Gasteiger partial charge in [0.25, 0.3) is 0 Å². The van der Waals surface area contributed by atoms with Crippen LogP contribution in [-0.2, 0) is 0 Å². The summed E-state index contributed by atoms with van der Waals surface area (Å²) in [5, 5.41) is 3.46.